The summed E-state index contributed by atoms with van der Waals surface area (Å²) < 4.78 is 38.1. The van der Waals surface area contributed by atoms with Crippen molar-refractivity contribution in [3.8, 4) is 0 Å². The molecular formula is C15H20F3N. The first-order valence-corrected chi connectivity index (χ1v) is 6.83. The van der Waals surface area contributed by atoms with Gasteiger partial charge in [-0.25, -0.2) is 0 Å². The van der Waals surface area contributed by atoms with E-state index in [9.17, 15) is 13.2 Å². The molecule has 1 fully saturated rings. The highest BCUT2D eigenvalue weighted by Gasteiger charge is 2.34. The van der Waals surface area contributed by atoms with E-state index in [-0.39, 0.29) is 6.04 Å². The Bertz CT molecular complexity index is 384. The summed E-state index contributed by atoms with van der Waals surface area (Å²) in [6, 6.07) is 8.42. The first-order valence-electron chi connectivity index (χ1n) is 6.83. The molecule has 2 atom stereocenters. The van der Waals surface area contributed by atoms with Crippen molar-refractivity contribution in [2.75, 3.05) is 0 Å². The molecule has 0 aromatic heterocycles. The molecule has 1 N–H and O–H groups in total. The summed E-state index contributed by atoms with van der Waals surface area (Å²) in [7, 11) is 0. The van der Waals surface area contributed by atoms with Gasteiger partial charge >= 0.3 is 6.18 Å². The highest BCUT2D eigenvalue weighted by molar-refractivity contribution is 5.19. The van der Waals surface area contributed by atoms with Crippen molar-refractivity contribution < 1.29 is 13.2 Å². The molecule has 4 heteroatoms. The second-order valence-corrected chi connectivity index (χ2v) is 5.43. The summed E-state index contributed by atoms with van der Waals surface area (Å²) >= 11 is 0. The van der Waals surface area contributed by atoms with Gasteiger partial charge in [0, 0.05) is 12.1 Å². The lowest BCUT2D eigenvalue weighted by Crippen LogP contribution is -2.40. The molecule has 19 heavy (non-hydrogen) atoms. The number of rotatable bonds is 5. The highest BCUT2D eigenvalue weighted by atomic mass is 19.4. The molecular weight excluding hydrogens is 251 g/mol. The largest absolute Gasteiger partial charge is 0.390 e. The molecule has 1 saturated carbocycles. The van der Waals surface area contributed by atoms with Crippen LogP contribution in [0.3, 0.4) is 0 Å². The summed E-state index contributed by atoms with van der Waals surface area (Å²) in [5.41, 5.74) is 0.714. The number of halogens is 3. The highest BCUT2D eigenvalue weighted by Crippen LogP contribution is 2.34. The topological polar surface area (TPSA) is 12.0 Å². The molecule has 106 valence electrons. The van der Waals surface area contributed by atoms with E-state index in [1.165, 1.54) is 6.42 Å². The molecule has 1 aliphatic rings. The van der Waals surface area contributed by atoms with Crippen LogP contribution in [0.1, 0.15) is 44.2 Å². The molecule has 2 rings (SSSR count). The second kappa shape index (κ2) is 5.95. The van der Waals surface area contributed by atoms with E-state index >= 15 is 0 Å². The van der Waals surface area contributed by atoms with Crippen LogP contribution >= 0.6 is 0 Å². The molecule has 1 aromatic rings. The Kier molecular flexibility index (Phi) is 4.50. The number of hydrogen-bond donors (Lipinski definition) is 1. The average Bonchev–Trinajstić information content (AvgIpc) is 2.25. The van der Waals surface area contributed by atoms with Gasteiger partial charge in [0.05, 0.1) is 6.42 Å². The van der Waals surface area contributed by atoms with Crippen LogP contribution in [-0.2, 0) is 0 Å². The predicted octanol–water partition coefficient (Wildman–Crippen LogP) is 4.46. The van der Waals surface area contributed by atoms with E-state index in [1.54, 1.807) is 24.3 Å². The summed E-state index contributed by atoms with van der Waals surface area (Å²) in [5.74, 6) is 0.527. The number of benzene rings is 1. The first kappa shape index (κ1) is 14.4. The molecule has 1 aliphatic carbocycles. The van der Waals surface area contributed by atoms with Gasteiger partial charge in [0.2, 0.25) is 0 Å². The van der Waals surface area contributed by atoms with Gasteiger partial charge in [-0.15, -0.1) is 0 Å². The Morgan fingerprint density at radius 1 is 1.21 bits per heavy atom. The van der Waals surface area contributed by atoms with E-state index in [0.717, 1.165) is 12.8 Å². The number of nitrogens with one attached hydrogen (secondary N) is 1. The van der Waals surface area contributed by atoms with Crippen LogP contribution in [-0.4, -0.2) is 12.2 Å². The van der Waals surface area contributed by atoms with Gasteiger partial charge < -0.3 is 5.32 Å². The van der Waals surface area contributed by atoms with E-state index in [1.807, 2.05) is 13.0 Å². The van der Waals surface area contributed by atoms with Gasteiger partial charge in [-0.1, -0.05) is 36.8 Å². The normalized spacial score (nSPS) is 19.8. The lowest BCUT2D eigenvalue weighted by molar-refractivity contribution is -0.141. The third kappa shape index (κ3) is 4.23. The minimum atomic E-state index is -4.15. The van der Waals surface area contributed by atoms with E-state index < -0.39 is 18.6 Å². The Morgan fingerprint density at radius 3 is 2.32 bits per heavy atom. The Balaban J connectivity index is 2.05. The Hall–Kier alpha value is -1.03. The summed E-state index contributed by atoms with van der Waals surface area (Å²) in [6.07, 6.45) is -1.50. The van der Waals surface area contributed by atoms with Crippen molar-refractivity contribution in [2.45, 2.75) is 50.9 Å². The van der Waals surface area contributed by atoms with Gasteiger partial charge in [0.1, 0.15) is 0 Å². The molecule has 2 unspecified atom stereocenters. The lowest BCUT2D eigenvalue weighted by Gasteiger charge is -2.35. The van der Waals surface area contributed by atoms with Gasteiger partial charge in [-0.05, 0) is 31.2 Å². The van der Waals surface area contributed by atoms with Crippen molar-refractivity contribution in [1.82, 2.24) is 5.32 Å². The van der Waals surface area contributed by atoms with Crippen molar-refractivity contribution in [1.29, 1.82) is 0 Å². The van der Waals surface area contributed by atoms with Crippen LogP contribution in [0, 0.1) is 5.92 Å². The fraction of sp³-hybridized carbons (Fsp3) is 0.600. The van der Waals surface area contributed by atoms with Crippen LogP contribution in [0.2, 0.25) is 0 Å². The van der Waals surface area contributed by atoms with Crippen LogP contribution in [0.5, 0.6) is 0 Å². The van der Waals surface area contributed by atoms with Gasteiger partial charge in [0.25, 0.3) is 0 Å². The fourth-order valence-electron chi connectivity index (χ4n) is 2.58. The van der Waals surface area contributed by atoms with Crippen molar-refractivity contribution >= 4 is 0 Å². The molecule has 0 radical (unpaired) electrons. The molecule has 0 spiro atoms. The van der Waals surface area contributed by atoms with Crippen molar-refractivity contribution in [3.63, 3.8) is 0 Å². The zero-order chi connectivity index (χ0) is 13.9. The molecule has 1 nitrogen and oxygen atoms in total. The minimum Gasteiger partial charge on any atom is -0.307 e. The average molecular weight is 271 g/mol. The predicted molar refractivity (Wildman–Crippen MR) is 69.8 cm³/mol. The number of hydrogen-bond acceptors (Lipinski definition) is 1. The zero-order valence-electron chi connectivity index (χ0n) is 11.1. The van der Waals surface area contributed by atoms with Gasteiger partial charge in [-0.2, -0.15) is 13.2 Å². The minimum absolute atomic E-state index is 0.140. The van der Waals surface area contributed by atoms with E-state index in [2.05, 4.69) is 5.32 Å². The van der Waals surface area contributed by atoms with Crippen LogP contribution < -0.4 is 5.32 Å². The standard InChI is InChI=1S/C15H20F3N/c1-11(12-8-5-9-12)19-14(10-15(16,17)18)13-6-3-2-4-7-13/h2-4,6-7,11-12,14,19H,5,8-10H2,1H3. The fourth-order valence-corrected chi connectivity index (χ4v) is 2.58. The second-order valence-electron chi connectivity index (χ2n) is 5.43. The summed E-state index contributed by atoms with van der Waals surface area (Å²) in [5, 5.41) is 3.17. The molecule has 1 aromatic carbocycles. The van der Waals surface area contributed by atoms with Gasteiger partial charge in [0.15, 0.2) is 0 Å². The van der Waals surface area contributed by atoms with Crippen LogP contribution in [0.4, 0.5) is 13.2 Å². The monoisotopic (exact) mass is 271 g/mol. The smallest absolute Gasteiger partial charge is 0.307 e. The summed E-state index contributed by atoms with van der Waals surface area (Å²) in [4.78, 5) is 0. The number of alkyl halides is 3. The first-order chi connectivity index (χ1) is 8.96. The molecule has 0 amide bonds. The van der Waals surface area contributed by atoms with E-state index in [0.29, 0.717) is 11.5 Å². The molecule has 0 heterocycles. The maximum absolute atomic E-state index is 12.7. The Labute approximate surface area is 112 Å². The SMILES string of the molecule is CC(NC(CC(F)(F)F)c1ccccc1)C1CCC1. The van der Waals surface area contributed by atoms with Crippen molar-refractivity contribution in [2.24, 2.45) is 5.92 Å². The maximum Gasteiger partial charge on any atom is 0.390 e. The van der Waals surface area contributed by atoms with E-state index in [4.69, 9.17) is 0 Å². The van der Waals surface area contributed by atoms with Crippen molar-refractivity contribution in [3.05, 3.63) is 35.9 Å². The summed E-state index contributed by atoms with van der Waals surface area (Å²) in [6.45, 7) is 2.00. The Morgan fingerprint density at radius 2 is 1.84 bits per heavy atom. The van der Waals surface area contributed by atoms with Crippen LogP contribution in [0.25, 0.3) is 0 Å². The molecule has 0 bridgehead atoms. The van der Waals surface area contributed by atoms with Gasteiger partial charge in [-0.3, -0.25) is 0 Å². The third-order valence-corrected chi connectivity index (χ3v) is 3.96. The molecule has 0 aliphatic heterocycles. The third-order valence-electron chi connectivity index (χ3n) is 3.96. The van der Waals surface area contributed by atoms with Crippen LogP contribution in [0.15, 0.2) is 30.3 Å². The molecule has 0 saturated heterocycles. The quantitative estimate of drug-likeness (QED) is 0.833. The lowest BCUT2D eigenvalue weighted by atomic mass is 9.80. The maximum atomic E-state index is 12.7. The zero-order valence-corrected chi connectivity index (χ0v) is 11.1.